The number of rotatable bonds is 8. The molecule has 0 N–H and O–H groups in total. The summed E-state index contributed by atoms with van der Waals surface area (Å²) in [7, 11) is 4.22. The summed E-state index contributed by atoms with van der Waals surface area (Å²) in [4.78, 5) is 0. The van der Waals surface area contributed by atoms with Gasteiger partial charge in [0.05, 0.1) is 0 Å². The number of hydrogen-bond donors (Lipinski definition) is 0. The van der Waals surface area contributed by atoms with Crippen molar-refractivity contribution in [2.75, 3.05) is 0 Å². The van der Waals surface area contributed by atoms with Crippen molar-refractivity contribution >= 4 is 25.8 Å². The molecule has 0 bridgehead atoms. The molecule has 6 heteroatoms. The molecule has 27 heavy (non-hydrogen) atoms. The van der Waals surface area contributed by atoms with Gasteiger partial charge in [-0.15, -0.1) is 0 Å². The van der Waals surface area contributed by atoms with Gasteiger partial charge in [-0.25, -0.2) is 0 Å². The van der Waals surface area contributed by atoms with Crippen LogP contribution in [0, 0.1) is 0 Å². The number of aromatic nitrogens is 2. The van der Waals surface area contributed by atoms with Crippen molar-refractivity contribution in [3.8, 4) is 0 Å². The second-order valence-corrected chi connectivity index (χ2v) is 14.5. The fourth-order valence-corrected chi connectivity index (χ4v) is 9.62. The van der Waals surface area contributed by atoms with Crippen LogP contribution in [0.1, 0.15) is 66.8 Å². The van der Waals surface area contributed by atoms with E-state index < -0.39 is 0 Å². The van der Waals surface area contributed by atoms with E-state index in [4.69, 9.17) is 0 Å². The molecule has 0 aromatic carbocycles. The van der Waals surface area contributed by atoms with Crippen LogP contribution in [0.25, 0.3) is 0 Å². The second-order valence-electron chi connectivity index (χ2n) is 8.00. The van der Waals surface area contributed by atoms with Crippen LogP contribution in [-0.4, -0.2) is 31.3 Å². The third-order valence-electron chi connectivity index (χ3n) is 4.60. The molecule has 0 radical (unpaired) electrons. The molecule has 2 heterocycles. The van der Waals surface area contributed by atoms with Gasteiger partial charge in [-0.2, -0.15) is 0 Å². The van der Waals surface area contributed by atoms with Gasteiger partial charge in [0, 0.05) is 46.3 Å². The third kappa shape index (κ3) is 6.67. The molecule has 0 aliphatic rings. The van der Waals surface area contributed by atoms with Crippen molar-refractivity contribution < 1.29 is 17.3 Å². The van der Waals surface area contributed by atoms with Gasteiger partial charge in [-0.3, -0.25) is 0 Å². The summed E-state index contributed by atoms with van der Waals surface area (Å²) in [5, 5.41) is 0. The molecule has 0 spiro atoms. The van der Waals surface area contributed by atoms with Crippen LogP contribution < -0.4 is 0 Å². The second kappa shape index (κ2) is 12.1. The van der Waals surface area contributed by atoms with Gasteiger partial charge in [0.15, 0.2) is 0 Å². The fourth-order valence-electron chi connectivity index (χ4n) is 3.92. The molecule has 2 aromatic rings. The molecule has 0 fully saturated rings. The summed E-state index contributed by atoms with van der Waals surface area (Å²) in [6.07, 6.45) is 5.65. The Morgan fingerprint density at radius 3 is 1.26 bits per heavy atom. The SMILES string of the molecule is CC(C)P(C(C)C)n1cccc1Cc1cccn1P(C(C)C)C(C)C.[Cl][Ru]. The Balaban J connectivity index is 0.00000176. The van der Waals surface area contributed by atoms with Gasteiger partial charge in [-0.05, 0) is 46.9 Å². The Kier molecular flexibility index (Phi) is 11.4. The zero-order valence-electron chi connectivity index (χ0n) is 18.0. The van der Waals surface area contributed by atoms with Crippen LogP contribution in [0.15, 0.2) is 36.7 Å². The van der Waals surface area contributed by atoms with Crippen molar-refractivity contribution in [2.24, 2.45) is 0 Å². The quantitative estimate of drug-likeness (QED) is 0.252. The molecule has 0 aliphatic carbocycles. The first-order chi connectivity index (χ1) is 12.7. The Labute approximate surface area is 183 Å². The molecule has 2 aromatic heterocycles. The van der Waals surface area contributed by atoms with Gasteiger partial charge in [0.25, 0.3) is 0 Å². The van der Waals surface area contributed by atoms with E-state index >= 15 is 0 Å². The summed E-state index contributed by atoms with van der Waals surface area (Å²) >= 11 is 1.82. The molecule has 2 nitrogen and oxygen atoms in total. The molecule has 0 saturated heterocycles. The topological polar surface area (TPSA) is 9.86 Å². The van der Waals surface area contributed by atoms with Crippen molar-refractivity contribution in [2.45, 2.75) is 84.4 Å². The first-order valence-corrected chi connectivity index (χ1v) is 14.9. The predicted molar refractivity (Wildman–Crippen MR) is 123 cm³/mol. The summed E-state index contributed by atoms with van der Waals surface area (Å²) in [5.41, 5.74) is 5.76. The average Bonchev–Trinajstić information content (AvgIpc) is 3.19. The maximum absolute atomic E-state index is 4.57. The minimum absolute atomic E-state index is 0.176. The fraction of sp³-hybridized carbons (Fsp3) is 0.619. The minimum atomic E-state index is -0.176. The summed E-state index contributed by atoms with van der Waals surface area (Å²) in [6.45, 7) is 19.0. The summed E-state index contributed by atoms with van der Waals surface area (Å²) in [6, 6.07) is 9.11. The first kappa shape index (κ1) is 25.4. The Hall–Kier alpha value is 0.333. The van der Waals surface area contributed by atoms with E-state index in [1.165, 1.54) is 11.4 Å². The van der Waals surface area contributed by atoms with Crippen LogP contribution in [-0.2, 0) is 23.7 Å². The van der Waals surface area contributed by atoms with Gasteiger partial charge in [-0.1, -0.05) is 55.4 Å². The molecular formula is C21H36ClN2P2Ru. The molecule has 0 aliphatic heterocycles. The molecular weight excluding hydrogens is 479 g/mol. The van der Waals surface area contributed by atoms with Gasteiger partial charge in [0.1, 0.15) is 0 Å². The van der Waals surface area contributed by atoms with E-state index in [1.54, 1.807) is 0 Å². The molecule has 2 rings (SSSR count). The number of halogens is 1. The first-order valence-electron chi connectivity index (χ1n) is 9.77. The number of hydrogen-bond acceptors (Lipinski definition) is 0. The standard InChI is InChI=1S/C21H36N2P2.ClH.Ru/c1-16(2)24(17(3)4)22-13-9-11-20(22)15-21-12-10-14-23(21)25(18(5)6)19(7)8;;/h9-14,16-19H,15H2,1-8H3;1H;/q;;+1/p-1. The van der Waals surface area contributed by atoms with Crippen LogP contribution >= 0.6 is 25.8 Å². The molecule has 155 valence electrons. The molecule has 0 unspecified atom stereocenters. The van der Waals surface area contributed by atoms with Gasteiger partial charge >= 0.3 is 27.0 Å². The monoisotopic (exact) mass is 515 g/mol. The van der Waals surface area contributed by atoms with Crippen molar-refractivity contribution in [1.29, 1.82) is 0 Å². The van der Waals surface area contributed by atoms with E-state index in [9.17, 15) is 0 Å². The van der Waals surface area contributed by atoms with Gasteiger partial charge < -0.3 is 8.68 Å². The van der Waals surface area contributed by atoms with Crippen LogP contribution in [0.2, 0.25) is 0 Å². The van der Waals surface area contributed by atoms with Crippen molar-refractivity contribution in [3.05, 3.63) is 48.0 Å². The van der Waals surface area contributed by atoms with E-state index in [2.05, 4.69) is 110 Å². The Morgan fingerprint density at radius 2 is 1.00 bits per heavy atom. The molecule has 0 saturated carbocycles. The van der Waals surface area contributed by atoms with Crippen LogP contribution in [0.5, 0.6) is 0 Å². The molecule has 0 amide bonds. The number of nitrogens with zero attached hydrogens (tertiary/aromatic N) is 2. The van der Waals surface area contributed by atoms with Crippen molar-refractivity contribution in [3.63, 3.8) is 0 Å². The zero-order valence-corrected chi connectivity index (χ0v) is 22.3. The predicted octanol–water partition coefficient (Wildman–Crippen LogP) is 7.69. The summed E-state index contributed by atoms with van der Waals surface area (Å²) in [5.74, 6) is 0. The molecule has 0 atom stereocenters. The normalized spacial score (nSPS) is 12.0. The van der Waals surface area contributed by atoms with Gasteiger partial charge in [0.2, 0.25) is 0 Å². The Bertz CT molecular complexity index is 592. The van der Waals surface area contributed by atoms with E-state index in [-0.39, 0.29) is 16.1 Å². The van der Waals surface area contributed by atoms with Crippen molar-refractivity contribution in [1.82, 2.24) is 8.68 Å². The van der Waals surface area contributed by atoms with E-state index in [0.29, 0.717) is 22.6 Å². The maximum atomic E-state index is 4.57. The van der Waals surface area contributed by atoms with E-state index in [0.717, 1.165) is 6.42 Å². The zero-order chi connectivity index (χ0) is 20.7. The Morgan fingerprint density at radius 1 is 0.704 bits per heavy atom. The summed E-state index contributed by atoms with van der Waals surface area (Å²) < 4.78 is 5.18. The van der Waals surface area contributed by atoms with Crippen LogP contribution in [0.4, 0.5) is 0 Å². The average molecular weight is 515 g/mol. The van der Waals surface area contributed by atoms with Crippen LogP contribution in [0.3, 0.4) is 0 Å². The third-order valence-corrected chi connectivity index (χ3v) is 10.6. The van der Waals surface area contributed by atoms with E-state index in [1.807, 2.05) is 17.3 Å².